The van der Waals surface area contributed by atoms with Crippen LogP contribution in [0.15, 0.2) is 0 Å². The molecule has 0 saturated carbocycles. The summed E-state index contributed by atoms with van der Waals surface area (Å²) in [5, 5.41) is 1.05. The van der Waals surface area contributed by atoms with Crippen LogP contribution in [0.2, 0.25) is 0 Å². The van der Waals surface area contributed by atoms with E-state index in [9.17, 15) is 4.79 Å². The van der Waals surface area contributed by atoms with Gasteiger partial charge >= 0.3 is 0 Å². The van der Waals surface area contributed by atoms with Gasteiger partial charge in [-0.2, -0.15) is 0 Å². The molecule has 1 unspecified atom stereocenters. The standard InChI is InChI=1S/C12H21N3OS.2ClH/c1-8-12(17-10(3)14-8)9(2)15(4)11(16)6-5-7-13;;/h9H,5-7,13H2,1-4H3;2*1H. The van der Waals surface area contributed by atoms with Gasteiger partial charge in [0.25, 0.3) is 0 Å². The molecule has 1 aromatic rings. The average Bonchev–Trinajstić information content (AvgIpc) is 2.63. The summed E-state index contributed by atoms with van der Waals surface area (Å²) >= 11 is 1.66. The predicted octanol–water partition coefficient (Wildman–Crippen LogP) is 2.86. The Morgan fingerprint density at radius 2 is 2.00 bits per heavy atom. The number of thiazole rings is 1. The zero-order chi connectivity index (χ0) is 13.0. The van der Waals surface area contributed by atoms with Gasteiger partial charge < -0.3 is 10.6 Å². The molecule has 0 saturated heterocycles. The van der Waals surface area contributed by atoms with E-state index >= 15 is 0 Å². The van der Waals surface area contributed by atoms with Crippen molar-refractivity contribution in [3.05, 3.63) is 15.6 Å². The summed E-state index contributed by atoms with van der Waals surface area (Å²) in [7, 11) is 1.85. The molecule has 0 aliphatic heterocycles. The number of amides is 1. The molecule has 0 fully saturated rings. The first-order valence-corrected chi connectivity index (χ1v) is 6.68. The van der Waals surface area contributed by atoms with E-state index in [4.69, 9.17) is 5.73 Å². The van der Waals surface area contributed by atoms with E-state index in [0.717, 1.165) is 17.1 Å². The minimum Gasteiger partial charge on any atom is -0.338 e. The minimum absolute atomic E-state index is 0. The highest BCUT2D eigenvalue weighted by molar-refractivity contribution is 7.11. The van der Waals surface area contributed by atoms with Crippen LogP contribution in [0.3, 0.4) is 0 Å². The second-order valence-corrected chi connectivity index (χ2v) is 5.49. The third kappa shape index (κ3) is 5.65. The number of halogens is 2. The normalized spacial score (nSPS) is 11.2. The fourth-order valence-corrected chi connectivity index (χ4v) is 2.78. The second-order valence-electron chi connectivity index (χ2n) is 4.26. The average molecular weight is 328 g/mol. The van der Waals surface area contributed by atoms with Gasteiger partial charge in [0.05, 0.1) is 16.7 Å². The van der Waals surface area contributed by atoms with Crippen LogP contribution in [0.5, 0.6) is 0 Å². The largest absolute Gasteiger partial charge is 0.338 e. The molecule has 1 aromatic heterocycles. The number of nitrogens with zero attached hydrogens (tertiary/aromatic N) is 2. The Morgan fingerprint density at radius 3 is 2.42 bits per heavy atom. The molecule has 0 aliphatic carbocycles. The molecule has 19 heavy (non-hydrogen) atoms. The maximum Gasteiger partial charge on any atom is 0.222 e. The summed E-state index contributed by atoms with van der Waals surface area (Å²) in [6, 6.07) is 0.0893. The van der Waals surface area contributed by atoms with Gasteiger partial charge in [0.2, 0.25) is 5.91 Å². The van der Waals surface area contributed by atoms with Gasteiger partial charge in [-0.05, 0) is 33.7 Å². The number of carbonyl (C=O) groups is 1. The summed E-state index contributed by atoms with van der Waals surface area (Å²) < 4.78 is 0. The Bertz CT molecular complexity index is 398. The molecule has 0 bridgehead atoms. The van der Waals surface area contributed by atoms with Gasteiger partial charge in [0, 0.05) is 18.3 Å². The molecule has 7 heteroatoms. The van der Waals surface area contributed by atoms with E-state index < -0.39 is 0 Å². The number of aryl methyl sites for hydroxylation is 2. The quantitative estimate of drug-likeness (QED) is 0.904. The van der Waals surface area contributed by atoms with Crippen molar-refractivity contribution in [2.24, 2.45) is 5.73 Å². The molecule has 0 aromatic carbocycles. The van der Waals surface area contributed by atoms with Crippen LogP contribution in [0.1, 0.15) is 41.4 Å². The van der Waals surface area contributed by atoms with Crippen LogP contribution in [0, 0.1) is 13.8 Å². The zero-order valence-electron chi connectivity index (χ0n) is 11.8. The number of aromatic nitrogens is 1. The van der Waals surface area contributed by atoms with Gasteiger partial charge in [-0.1, -0.05) is 0 Å². The minimum atomic E-state index is 0. The van der Waals surface area contributed by atoms with Crippen molar-refractivity contribution in [1.29, 1.82) is 0 Å². The molecule has 1 heterocycles. The number of nitrogens with two attached hydrogens (primary N) is 1. The molecule has 112 valence electrons. The molecular formula is C12H23Cl2N3OS. The third-order valence-corrected chi connectivity index (χ3v) is 4.13. The van der Waals surface area contributed by atoms with Crippen LogP contribution >= 0.6 is 36.2 Å². The summed E-state index contributed by atoms with van der Waals surface area (Å²) in [6.45, 7) is 6.59. The van der Waals surface area contributed by atoms with Crippen molar-refractivity contribution >= 4 is 42.1 Å². The smallest absolute Gasteiger partial charge is 0.222 e. The lowest BCUT2D eigenvalue weighted by atomic mass is 10.2. The van der Waals surface area contributed by atoms with E-state index in [2.05, 4.69) is 4.98 Å². The van der Waals surface area contributed by atoms with Crippen LogP contribution in [-0.2, 0) is 4.79 Å². The third-order valence-electron chi connectivity index (χ3n) is 2.89. The van der Waals surface area contributed by atoms with E-state index in [1.807, 2.05) is 27.8 Å². The Balaban J connectivity index is 0. The van der Waals surface area contributed by atoms with Gasteiger partial charge in [-0.25, -0.2) is 4.98 Å². The van der Waals surface area contributed by atoms with Gasteiger partial charge in [-0.15, -0.1) is 36.2 Å². The molecule has 0 spiro atoms. The van der Waals surface area contributed by atoms with E-state index in [0.29, 0.717) is 13.0 Å². The number of hydrogen-bond donors (Lipinski definition) is 1. The van der Waals surface area contributed by atoms with Gasteiger partial charge in [-0.3, -0.25) is 4.79 Å². The highest BCUT2D eigenvalue weighted by Crippen LogP contribution is 2.28. The van der Waals surface area contributed by atoms with Crippen LogP contribution in [-0.4, -0.2) is 29.4 Å². The van der Waals surface area contributed by atoms with Gasteiger partial charge in [0.1, 0.15) is 0 Å². The number of carbonyl (C=O) groups excluding carboxylic acids is 1. The van der Waals surface area contributed by atoms with Crippen molar-refractivity contribution < 1.29 is 4.79 Å². The molecule has 0 aliphatic rings. The summed E-state index contributed by atoms with van der Waals surface area (Å²) in [4.78, 5) is 19.2. The van der Waals surface area contributed by atoms with Crippen molar-refractivity contribution in [3.63, 3.8) is 0 Å². The zero-order valence-corrected chi connectivity index (χ0v) is 14.3. The van der Waals surface area contributed by atoms with Crippen molar-refractivity contribution in [2.45, 2.75) is 39.7 Å². The molecule has 0 radical (unpaired) electrons. The van der Waals surface area contributed by atoms with Crippen LogP contribution in [0.25, 0.3) is 0 Å². The summed E-state index contributed by atoms with van der Waals surface area (Å²) in [6.07, 6.45) is 1.27. The summed E-state index contributed by atoms with van der Waals surface area (Å²) in [5.41, 5.74) is 6.44. The topological polar surface area (TPSA) is 59.2 Å². The van der Waals surface area contributed by atoms with Crippen LogP contribution in [0.4, 0.5) is 0 Å². The fraction of sp³-hybridized carbons (Fsp3) is 0.667. The maximum absolute atomic E-state index is 11.9. The Morgan fingerprint density at radius 1 is 1.42 bits per heavy atom. The highest BCUT2D eigenvalue weighted by atomic mass is 35.5. The molecule has 1 atom stereocenters. The van der Waals surface area contributed by atoms with E-state index in [-0.39, 0.29) is 36.8 Å². The lowest BCUT2D eigenvalue weighted by Gasteiger charge is -2.24. The Kier molecular flexibility index (Phi) is 10.5. The van der Waals surface area contributed by atoms with E-state index in [1.165, 1.54) is 4.88 Å². The second kappa shape index (κ2) is 9.53. The first kappa shape index (κ1) is 20.9. The van der Waals surface area contributed by atoms with Crippen molar-refractivity contribution in [1.82, 2.24) is 9.88 Å². The predicted molar refractivity (Wildman–Crippen MR) is 85.6 cm³/mol. The molecule has 1 amide bonds. The van der Waals surface area contributed by atoms with Gasteiger partial charge in [0.15, 0.2) is 0 Å². The molecule has 2 N–H and O–H groups in total. The van der Waals surface area contributed by atoms with Crippen molar-refractivity contribution in [3.8, 4) is 0 Å². The monoisotopic (exact) mass is 327 g/mol. The van der Waals surface area contributed by atoms with E-state index in [1.54, 1.807) is 16.2 Å². The van der Waals surface area contributed by atoms with Crippen molar-refractivity contribution in [2.75, 3.05) is 13.6 Å². The Hall–Kier alpha value is -0.360. The number of rotatable bonds is 5. The van der Waals surface area contributed by atoms with Crippen LogP contribution < -0.4 is 5.73 Å². The highest BCUT2D eigenvalue weighted by Gasteiger charge is 2.20. The lowest BCUT2D eigenvalue weighted by molar-refractivity contribution is -0.131. The Labute approximate surface area is 131 Å². The fourth-order valence-electron chi connectivity index (χ4n) is 1.76. The first-order valence-electron chi connectivity index (χ1n) is 5.87. The summed E-state index contributed by atoms with van der Waals surface area (Å²) in [5.74, 6) is 0.147. The molecular weight excluding hydrogens is 305 g/mol. The lowest BCUT2D eigenvalue weighted by Crippen LogP contribution is -2.29. The number of hydrogen-bond acceptors (Lipinski definition) is 4. The molecule has 4 nitrogen and oxygen atoms in total. The molecule has 1 rings (SSSR count). The SMILES string of the molecule is Cc1nc(C)c(C(C)N(C)C(=O)CCCN)s1.Cl.Cl. The maximum atomic E-state index is 11.9. The first-order chi connectivity index (χ1) is 7.97.